The lowest BCUT2D eigenvalue weighted by atomic mass is 9.67. The number of hydrogen-bond acceptors (Lipinski definition) is 6. The maximum Gasteiger partial charge on any atom is 0.324 e. The van der Waals surface area contributed by atoms with Crippen LogP contribution in [0, 0.1) is 5.41 Å². The summed E-state index contributed by atoms with van der Waals surface area (Å²) in [6.07, 6.45) is 4.71. The number of aromatic nitrogens is 1. The normalized spacial score (nSPS) is 24.8. The summed E-state index contributed by atoms with van der Waals surface area (Å²) in [7, 11) is 0. The summed E-state index contributed by atoms with van der Waals surface area (Å²) in [5, 5.41) is 3.25. The molecule has 3 heterocycles. The number of piperidine rings is 1. The first kappa shape index (κ1) is 24.0. The first-order valence-corrected chi connectivity index (χ1v) is 11.1. The lowest BCUT2D eigenvalue weighted by Gasteiger charge is -2.49. The van der Waals surface area contributed by atoms with Gasteiger partial charge in [0.2, 0.25) is 0 Å². The fourth-order valence-corrected chi connectivity index (χ4v) is 4.83. The molecule has 1 aromatic heterocycles. The van der Waals surface area contributed by atoms with Crippen molar-refractivity contribution in [2.75, 3.05) is 6.54 Å². The van der Waals surface area contributed by atoms with Gasteiger partial charge in [-0.15, -0.1) is 13.2 Å². The van der Waals surface area contributed by atoms with Crippen LogP contribution in [0.1, 0.15) is 58.6 Å². The largest absolute Gasteiger partial charge is 0.459 e. The number of nitrogens with one attached hydrogen (secondary N) is 1. The Balaban J connectivity index is 2.04. The van der Waals surface area contributed by atoms with Crippen LogP contribution < -0.4 is 10.9 Å². The number of fused-ring (bicyclic) bond motifs is 4. The van der Waals surface area contributed by atoms with Crippen molar-refractivity contribution in [2.24, 2.45) is 5.41 Å². The van der Waals surface area contributed by atoms with Crippen LogP contribution in [0.4, 0.5) is 0 Å². The van der Waals surface area contributed by atoms with Crippen LogP contribution in [0.15, 0.2) is 48.3 Å². The average Bonchev–Trinajstić information content (AvgIpc) is 2.68. The Labute approximate surface area is 189 Å². The van der Waals surface area contributed by atoms with Gasteiger partial charge >= 0.3 is 11.9 Å². The second kappa shape index (κ2) is 8.70. The van der Waals surface area contributed by atoms with Crippen molar-refractivity contribution in [1.82, 2.24) is 9.88 Å². The molecule has 1 saturated heterocycles. The number of carbonyl (C=O) groups excluding carboxylic acids is 2. The van der Waals surface area contributed by atoms with E-state index in [4.69, 9.17) is 9.47 Å². The van der Waals surface area contributed by atoms with Crippen LogP contribution in [-0.2, 0) is 25.6 Å². The van der Waals surface area contributed by atoms with Crippen molar-refractivity contribution in [3.63, 3.8) is 0 Å². The van der Waals surface area contributed by atoms with Crippen LogP contribution in [0.25, 0.3) is 0 Å². The zero-order valence-corrected chi connectivity index (χ0v) is 19.5. The van der Waals surface area contributed by atoms with Crippen molar-refractivity contribution >= 4 is 11.9 Å². The molecule has 174 valence electrons. The molecule has 7 heteroatoms. The number of esters is 2. The molecule has 1 unspecified atom stereocenters. The maximum absolute atomic E-state index is 13.7. The molecule has 2 aliphatic rings. The third-order valence-corrected chi connectivity index (χ3v) is 6.33. The molecule has 3 rings (SSSR count). The summed E-state index contributed by atoms with van der Waals surface area (Å²) in [4.78, 5) is 39.8. The summed E-state index contributed by atoms with van der Waals surface area (Å²) < 4.78 is 13.3. The summed E-state index contributed by atoms with van der Waals surface area (Å²) in [5.74, 6) is -1.13. The topological polar surface area (TPSA) is 86.6 Å². The molecule has 7 nitrogen and oxygen atoms in total. The average molecular weight is 443 g/mol. The van der Waals surface area contributed by atoms with Gasteiger partial charge in [-0.2, -0.15) is 0 Å². The van der Waals surface area contributed by atoms with Crippen LogP contribution in [0.5, 0.6) is 0 Å². The molecule has 0 saturated carbocycles. The van der Waals surface area contributed by atoms with E-state index in [0.717, 1.165) is 5.69 Å². The monoisotopic (exact) mass is 442 g/mol. The van der Waals surface area contributed by atoms with Crippen molar-refractivity contribution in [1.29, 1.82) is 0 Å². The highest BCUT2D eigenvalue weighted by Crippen LogP contribution is 2.46. The van der Waals surface area contributed by atoms with E-state index < -0.39 is 34.6 Å². The van der Waals surface area contributed by atoms with Gasteiger partial charge in [0.05, 0.1) is 0 Å². The van der Waals surface area contributed by atoms with Gasteiger partial charge in [-0.25, -0.2) is 0 Å². The molecule has 2 bridgehead atoms. The first-order chi connectivity index (χ1) is 14.9. The van der Waals surface area contributed by atoms with Gasteiger partial charge < -0.3 is 19.4 Å². The number of ether oxygens (including phenoxy) is 2. The second-order valence-electron chi connectivity index (χ2n) is 10.1. The van der Waals surface area contributed by atoms with Crippen LogP contribution >= 0.6 is 0 Å². The molecule has 0 radical (unpaired) electrons. The molecule has 1 N–H and O–H groups in total. The summed E-state index contributed by atoms with van der Waals surface area (Å²) in [6.45, 7) is 15.2. The highest BCUT2D eigenvalue weighted by Gasteiger charge is 2.59. The predicted octanol–water partition coefficient (Wildman–Crippen LogP) is 3.09. The minimum atomic E-state index is -1.26. The third kappa shape index (κ3) is 4.58. The molecule has 32 heavy (non-hydrogen) atoms. The minimum Gasteiger partial charge on any atom is -0.459 e. The summed E-state index contributed by atoms with van der Waals surface area (Å²) in [5.41, 5.74) is -2.17. The summed E-state index contributed by atoms with van der Waals surface area (Å²) >= 11 is 0. The van der Waals surface area contributed by atoms with E-state index in [0.29, 0.717) is 25.8 Å². The lowest BCUT2D eigenvalue weighted by molar-refractivity contribution is -0.185. The highest BCUT2D eigenvalue weighted by atomic mass is 16.6. The Hall–Kier alpha value is -2.67. The fraction of sp³-hybridized carbons (Fsp3) is 0.560. The van der Waals surface area contributed by atoms with Gasteiger partial charge in [0.1, 0.15) is 22.7 Å². The zero-order chi connectivity index (χ0) is 23.7. The molecular formula is C25H34N2O5. The van der Waals surface area contributed by atoms with Gasteiger partial charge in [0, 0.05) is 43.6 Å². The molecule has 1 aromatic rings. The van der Waals surface area contributed by atoms with E-state index in [9.17, 15) is 14.4 Å². The Morgan fingerprint density at radius 2 is 1.78 bits per heavy atom. The van der Waals surface area contributed by atoms with Crippen molar-refractivity contribution < 1.29 is 19.1 Å². The van der Waals surface area contributed by atoms with E-state index >= 15 is 0 Å². The summed E-state index contributed by atoms with van der Waals surface area (Å²) in [6, 6.07) is 4.16. The number of nitrogens with zero attached hydrogens (tertiary/aromatic N) is 1. The SMILES string of the molecule is C=CCC(C)(C)OC(=O)C1NC[C@H]2C[C@]1(C(=O)OC(C)(C)CC=C)Cn1c2cccc1=O. The van der Waals surface area contributed by atoms with Gasteiger partial charge in [0.15, 0.2) is 0 Å². The van der Waals surface area contributed by atoms with Gasteiger partial charge in [0.25, 0.3) is 5.56 Å². The zero-order valence-electron chi connectivity index (χ0n) is 19.5. The lowest BCUT2D eigenvalue weighted by Crippen LogP contribution is -2.66. The van der Waals surface area contributed by atoms with E-state index in [2.05, 4.69) is 18.5 Å². The molecule has 0 spiro atoms. The Kier molecular flexibility index (Phi) is 6.52. The third-order valence-electron chi connectivity index (χ3n) is 6.33. The predicted molar refractivity (Wildman–Crippen MR) is 122 cm³/mol. The molecule has 3 atom stereocenters. The minimum absolute atomic E-state index is 0.0517. The molecule has 0 amide bonds. The van der Waals surface area contributed by atoms with Crippen LogP contribution in [0.3, 0.4) is 0 Å². The van der Waals surface area contributed by atoms with Gasteiger partial charge in [-0.3, -0.25) is 14.4 Å². The quantitative estimate of drug-likeness (QED) is 0.492. The number of pyridine rings is 1. The van der Waals surface area contributed by atoms with E-state index in [1.807, 2.05) is 6.07 Å². The number of hydrogen-bond donors (Lipinski definition) is 1. The fourth-order valence-electron chi connectivity index (χ4n) is 4.83. The van der Waals surface area contributed by atoms with E-state index in [1.165, 1.54) is 6.07 Å². The van der Waals surface area contributed by atoms with Crippen LogP contribution in [0.2, 0.25) is 0 Å². The maximum atomic E-state index is 13.7. The van der Waals surface area contributed by atoms with Gasteiger partial charge in [-0.05, 0) is 40.2 Å². The van der Waals surface area contributed by atoms with Crippen LogP contribution in [-0.4, -0.2) is 40.3 Å². The molecule has 1 fully saturated rings. The molecular weight excluding hydrogens is 408 g/mol. The smallest absolute Gasteiger partial charge is 0.324 e. The molecule has 0 aromatic carbocycles. The van der Waals surface area contributed by atoms with Gasteiger partial charge in [-0.1, -0.05) is 18.2 Å². The Bertz CT molecular complexity index is 977. The van der Waals surface area contributed by atoms with Crippen molar-refractivity contribution in [3.8, 4) is 0 Å². The number of carbonyl (C=O) groups is 2. The van der Waals surface area contributed by atoms with Crippen molar-refractivity contribution in [3.05, 3.63) is 59.6 Å². The number of rotatable bonds is 8. The molecule has 0 aliphatic carbocycles. The Morgan fingerprint density at radius 1 is 1.16 bits per heavy atom. The standard InChI is InChI=1S/C25H34N2O5/c1-7-12-23(3,4)31-21(29)20-25(22(30)32-24(5,6)13-8-2)14-17(15-26-20)18-10-9-11-19(28)27(18)16-25/h7-11,17,20,26H,1-2,12-16H2,3-6H3/t17-,20?,25+/m1/s1. The molecule has 2 aliphatic heterocycles. The van der Waals surface area contributed by atoms with E-state index in [1.54, 1.807) is 50.5 Å². The Morgan fingerprint density at radius 3 is 2.41 bits per heavy atom. The first-order valence-electron chi connectivity index (χ1n) is 11.1. The van der Waals surface area contributed by atoms with E-state index in [-0.39, 0.29) is 18.0 Å². The highest BCUT2D eigenvalue weighted by molar-refractivity contribution is 5.89. The second-order valence-corrected chi connectivity index (χ2v) is 10.1. The van der Waals surface area contributed by atoms with Crippen molar-refractivity contribution in [2.45, 2.75) is 76.7 Å².